The average molecular weight is 184 g/mol. The lowest BCUT2D eigenvalue weighted by molar-refractivity contribution is 0.319. The van der Waals surface area contributed by atoms with Gasteiger partial charge in [0.25, 0.3) is 0 Å². The van der Waals surface area contributed by atoms with Gasteiger partial charge in [0.2, 0.25) is 0 Å². The minimum absolute atomic E-state index is 0.207. The summed E-state index contributed by atoms with van der Waals surface area (Å²) in [4.78, 5) is 0. The molecule has 0 saturated carbocycles. The number of rotatable bonds is 2. The van der Waals surface area contributed by atoms with E-state index >= 15 is 0 Å². The summed E-state index contributed by atoms with van der Waals surface area (Å²) in [6.07, 6.45) is 0.484. The number of oxime groups is 1. The van der Waals surface area contributed by atoms with Gasteiger partial charge in [-0.05, 0) is 12.5 Å². The van der Waals surface area contributed by atoms with Crippen molar-refractivity contribution in [2.45, 2.75) is 13.3 Å². The fourth-order valence-corrected chi connectivity index (χ4v) is 1.06. The van der Waals surface area contributed by atoms with Crippen molar-refractivity contribution < 1.29 is 5.21 Å². The molecule has 0 heterocycles. The third-order valence-electron chi connectivity index (χ3n) is 1.58. The number of nitrogens with zero attached hydrogens (tertiary/aromatic N) is 1. The van der Waals surface area contributed by atoms with E-state index in [1.54, 1.807) is 0 Å². The van der Waals surface area contributed by atoms with Gasteiger partial charge in [0.05, 0.1) is 0 Å². The van der Waals surface area contributed by atoms with Gasteiger partial charge >= 0.3 is 0 Å². The highest BCUT2D eigenvalue weighted by Gasteiger charge is 1.97. The minimum Gasteiger partial charge on any atom is -0.410 e. The maximum atomic E-state index is 8.31. The first-order valence-corrected chi connectivity index (χ1v) is 4.02. The third kappa shape index (κ3) is 2.55. The van der Waals surface area contributed by atoms with Crippen molar-refractivity contribution in [3.05, 3.63) is 35.4 Å². The molecule has 0 fully saturated rings. The normalized spacial score (nSPS) is 11.7. The van der Waals surface area contributed by atoms with Gasteiger partial charge in [0, 0.05) is 6.42 Å². The molecule has 12 heavy (non-hydrogen) atoms. The predicted octanol–water partition coefficient (Wildman–Crippen LogP) is 2.56. The van der Waals surface area contributed by atoms with Crippen LogP contribution in [0.15, 0.2) is 29.4 Å². The van der Waals surface area contributed by atoms with E-state index in [0.717, 1.165) is 5.56 Å². The van der Waals surface area contributed by atoms with E-state index in [1.807, 2.05) is 31.2 Å². The summed E-state index contributed by atoms with van der Waals surface area (Å²) in [6.45, 7) is 2.02. The smallest absolute Gasteiger partial charge is 0.149 e. The monoisotopic (exact) mass is 183 g/mol. The Morgan fingerprint density at radius 3 is 2.50 bits per heavy atom. The van der Waals surface area contributed by atoms with E-state index in [1.165, 1.54) is 5.56 Å². The number of aryl methyl sites for hydroxylation is 1. The summed E-state index contributed by atoms with van der Waals surface area (Å²) in [7, 11) is 0. The standard InChI is InChI=1S/C9H10ClNO/c1-7-2-4-8(5-3-7)6-9(10)11-12/h2-5,12H,6H2,1H3/b11-9-. The molecule has 64 valence electrons. The SMILES string of the molecule is Cc1ccc(C/C(Cl)=N/O)cc1. The third-order valence-corrected chi connectivity index (χ3v) is 1.79. The topological polar surface area (TPSA) is 32.6 Å². The van der Waals surface area contributed by atoms with Crippen molar-refractivity contribution in [3.8, 4) is 0 Å². The van der Waals surface area contributed by atoms with Gasteiger partial charge in [-0.1, -0.05) is 46.6 Å². The van der Waals surface area contributed by atoms with Crippen LogP contribution in [0.2, 0.25) is 0 Å². The van der Waals surface area contributed by atoms with Crippen LogP contribution in [0.4, 0.5) is 0 Å². The van der Waals surface area contributed by atoms with E-state index in [2.05, 4.69) is 5.16 Å². The largest absolute Gasteiger partial charge is 0.410 e. The molecule has 0 radical (unpaired) electrons. The molecule has 2 nitrogen and oxygen atoms in total. The number of hydrogen-bond acceptors (Lipinski definition) is 2. The maximum Gasteiger partial charge on any atom is 0.149 e. The van der Waals surface area contributed by atoms with Crippen molar-refractivity contribution in [2.24, 2.45) is 5.16 Å². The Morgan fingerprint density at radius 2 is 2.00 bits per heavy atom. The molecule has 0 saturated heterocycles. The Bertz CT molecular complexity index is 279. The van der Waals surface area contributed by atoms with E-state index in [-0.39, 0.29) is 5.17 Å². The van der Waals surface area contributed by atoms with Crippen molar-refractivity contribution in [3.63, 3.8) is 0 Å². The fraction of sp³-hybridized carbons (Fsp3) is 0.222. The molecule has 0 aliphatic rings. The quantitative estimate of drug-likeness (QED) is 0.427. The number of halogens is 1. The zero-order valence-electron chi connectivity index (χ0n) is 6.79. The first kappa shape index (κ1) is 9.07. The second kappa shape index (κ2) is 4.12. The molecule has 1 aromatic carbocycles. The lowest BCUT2D eigenvalue weighted by atomic mass is 10.1. The summed E-state index contributed by atoms with van der Waals surface area (Å²) >= 11 is 5.54. The van der Waals surface area contributed by atoms with Gasteiger partial charge in [-0.2, -0.15) is 0 Å². The molecule has 1 N–H and O–H groups in total. The highest BCUT2D eigenvalue weighted by Crippen LogP contribution is 2.05. The van der Waals surface area contributed by atoms with Crippen LogP contribution < -0.4 is 0 Å². The van der Waals surface area contributed by atoms with Gasteiger partial charge in [-0.15, -0.1) is 0 Å². The highest BCUT2D eigenvalue weighted by molar-refractivity contribution is 6.65. The molecule has 0 amide bonds. The molecule has 0 bridgehead atoms. The Labute approximate surface area is 76.5 Å². The predicted molar refractivity (Wildman–Crippen MR) is 50.0 cm³/mol. The summed E-state index contributed by atoms with van der Waals surface area (Å²) < 4.78 is 0. The van der Waals surface area contributed by atoms with Gasteiger partial charge in [0.15, 0.2) is 0 Å². The average Bonchev–Trinajstić information content (AvgIpc) is 2.09. The molecule has 0 aliphatic heterocycles. The highest BCUT2D eigenvalue weighted by atomic mass is 35.5. The Morgan fingerprint density at radius 1 is 1.42 bits per heavy atom. The van der Waals surface area contributed by atoms with E-state index in [4.69, 9.17) is 16.8 Å². The minimum atomic E-state index is 0.207. The van der Waals surface area contributed by atoms with E-state index in [0.29, 0.717) is 6.42 Å². The van der Waals surface area contributed by atoms with Gasteiger partial charge < -0.3 is 5.21 Å². The summed E-state index contributed by atoms with van der Waals surface area (Å²) in [5.41, 5.74) is 2.25. The molecule has 0 unspecified atom stereocenters. The molecule has 1 aromatic rings. The van der Waals surface area contributed by atoms with Crippen LogP contribution >= 0.6 is 11.6 Å². The van der Waals surface area contributed by atoms with Crippen LogP contribution in [0.3, 0.4) is 0 Å². The van der Waals surface area contributed by atoms with Crippen LogP contribution in [0.25, 0.3) is 0 Å². The first-order valence-electron chi connectivity index (χ1n) is 3.64. The molecule has 1 rings (SSSR count). The van der Waals surface area contributed by atoms with Gasteiger partial charge in [-0.25, -0.2) is 0 Å². The van der Waals surface area contributed by atoms with Crippen LogP contribution in [0.5, 0.6) is 0 Å². The summed E-state index contributed by atoms with van der Waals surface area (Å²) in [6, 6.07) is 7.92. The molecule has 0 aliphatic carbocycles. The Hall–Kier alpha value is -1.02. The Kier molecular flexibility index (Phi) is 3.11. The van der Waals surface area contributed by atoms with Gasteiger partial charge in [-0.3, -0.25) is 0 Å². The second-order valence-electron chi connectivity index (χ2n) is 2.64. The molecule has 0 spiro atoms. The van der Waals surface area contributed by atoms with E-state index < -0.39 is 0 Å². The van der Waals surface area contributed by atoms with Crippen molar-refractivity contribution >= 4 is 16.8 Å². The lowest BCUT2D eigenvalue weighted by Gasteiger charge is -1.97. The molecule has 3 heteroatoms. The van der Waals surface area contributed by atoms with Crippen LogP contribution in [-0.2, 0) is 6.42 Å². The van der Waals surface area contributed by atoms with Crippen LogP contribution in [0, 0.1) is 6.92 Å². The van der Waals surface area contributed by atoms with E-state index in [9.17, 15) is 0 Å². The number of benzene rings is 1. The van der Waals surface area contributed by atoms with Crippen LogP contribution in [0.1, 0.15) is 11.1 Å². The zero-order valence-corrected chi connectivity index (χ0v) is 7.54. The van der Waals surface area contributed by atoms with Crippen LogP contribution in [-0.4, -0.2) is 10.4 Å². The number of hydrogen-bond donors (Lipinski definition) is 1. The first-order chi connectivity index (χ1) is 5.72. The molecule has 0 atom stereocenters. The fourth-order valence-electron chi connectivity index (χ4n) is 0.910. The Balaban J connectivity index is 2.71. The van der Waals surface area contributed by atoms with Crippen molar-refractivity contribution in [2.75, 3.05) is 0 Å². The van der Waals surface area contributed by atoms with Crippen molar-refractivity contribution in [1.29, 1.82) is 0 Å². The van der Waals surface area contributed by atoms with Gasteiger partial charge in [0.1, 0.15) is 5.17 Å². The summed E-state index contributed by atoms with van der Waals surface area (Å²) in [5, 5.41) is 11.4. The molecular formula is C9H10ClNO. The maximum absolute atomic E-state index is 8.31. The molecule has 0 aromatic heterocycles. The zero-order chi connectivity index (χ0) is 8.97. The summed E-state index contributed by atoms with van der Waals surface area (Å²) in [5.74, 6) is 0. The lowest BCUT2D eigenvalue weighted by Crippen LogP contribution is -1.93. The second-order valence-corrected chi connectivity index (χ2v) is 3.07. The van der Waals surface area contributed by atoms with Crippen molar-refractivity contribution in [1.82, 2.24) is 0 Å². The molecular weight excluding hydrogens is 174 g/mol.